The van der Waals surface area contributed by atoms with Crippen LogP contribution in [0.3, 0.4) is 0 Å². The van der Waals surface area contributed by atoms with Crippen molar-refractivity contribution in [1.29, 1.82) is 5.26 Å². The maximum Gasteiger partial charge on any atom is 0.387 e. The molecule has 0 aliphatic carbocycles. The Hall–Kier alpha value is -3.45. The van der Waals surface area contributed by atoms with Gasteiger partial charge in [-0.3, -0.25) is 15.6 Å². The molecule has 2 rings (SSSR count). The Morgan fingerprint density at radius 1 is 1.04 bits per heavy atom. The summed E-state index contributed by atoms with van der Waals surface area (Å²) in [5.41, 5.74) is 5.89. The lowest BCUT2D eigenvalue weighted by molar-refractivity contribution is -0.127. The summed E-state index contributed by atoms with van der Waals surface area (Å²) >= 11 is 5.04. The molecular weight excluding hydrogens is 390 g/mol. The van der Waals surface area contributed by atoms with E-state index in [4.69, 9.17) is 22.2 Å². The number of hydrazine groups is 1. The van der Waals surface area contributed by atoms with E-state index < -0.39 is 18.6 Å². The zero-order valence-electron chi connectivity index (χ0n) is 14.6. The second-order valence-electron chi connectivity index (χ2n) is 5.37. The Balaban J connectivity index is 1.77. The van der Waals surface area contributed by atoms with Crippen molar-refractivity contribution in [3.8, 4) is 17.6 Å². The lowest BCUT2D eigenvalue weighted by Gasteiger charge is -2.16. The minimum Gasteiger partial charge on any atom is -0.481 e. The molecule has 0 spiro atoms. The first-order valence-corrected chi connectivity index (χ1v) is 8.36. The third-order valence-corrected chi connectivity index (χ3v) is 3.51. The van der Waals surface area contributed by atoms with E-state index in [2.05, 4.69) is 20.9 Å². The van der Waals surface area contributed by atoms with E-state index in [1.165, 1.54) is 24.3 Å². The first kappa shape index (κ1) is 20.9. The normalized spacial score (nSPS) is 11.1. The molecule has 0 bridgehead atoms. The predicted octanol–water partition coefficient (Wildman–Crippen LogP) is 2.94. The number of amides is 1. The molecule has 0 radical (unpaired) electrons. The van der Waals surface area contributed by atoms with Gasteiger partial charge in [0.25, 0.3) is 5.91 Å². The number of anilines is 1. The zero-order valence-corrected chi connectivity index (χ0v) is 15.4. The minimum absolute atomic E-state index is 0.0153. The van der Waals surface area contributed by atoms with Crippen molar-refractivity contribution in [3.05, 3.63) is 54.1 Å². The Bertz CT molecular complexity index is 855. The van der Waals surface area contributed by atoms with Gasteiger partial charge in [0.15, 0.2) is 11.2 Å². The summed E-state index contributed by atoms with van der Waals surface area (Å²) in [6.07, 6.45) is -0.825. The number of nitrogens with one attached hydrogen (secondary N) is 3. The second kappa shape index (κ2) is 10.0. The van der Waals surface area contributed by atoms with Crippen LogP contribution in [0, 0.1) is 11.3 Å². The summed E-state index contributed by atoms with van der Waals surface area (Å²) in [6, 6.07) is 14.0. The number of carbonyl (C=O) groups is 1. The molecule has 146 valence electrons. The summed E-state index contributed by atoms with van der Waals surface area (Å²) in [5, 5.41) is 11.6. The van der Waals surface area contributed by atoms with Crippen LogP contribution in [0.25, 0.3) is 0 Å². The first-order chi connectivity index (χ1) is 13.4. The van der Waals surface area contributed by atoms with Gasteiger partial charge in [-0.1, -0.05) is 0 Å². The van der Waals surface area contributed by atoms with Crippen LogP contribution in [0.5, 0.6) is 11.5 Å². The van der Waals surface area contributed by atoms with Crippen LogP contribution < -0.4 is 25.6 Å². The fraction of sp³-hybridized carbons (Fsp3) is 0.167. The second-order valence-corrected chi connectivity index (χ2v) is 5.78. The molecule has 1 atom stereocenters. The fourth-order valence-corrected chi connectivity index (χ4v) is 2.14. The van der Waals surface area contributed by atoms with Crippen molar-refractivity contribution in [2.45, 2.75) is 19.6 Å². The van der Waals surface area contributed by atoms with Gasteiger partial charge >= 0.3 is 6.61 Å². The third-order valence-electron chi connectivity index (χ3n) is 3.30. The monoisotopic (exact) mass is 406 g/mol. The number of benzene rings is 2. The molecule has 0 saturated heterocycles. The maximum atomic E-state index is 12.1. The van der Waals surface area contributed by atoms with Crippen LogP contribution in [0.2, 0.25) is 0 Å². The maximum absolute atomic E-state index is 12.1. The van der Waals surface area contributed by atoms with Crippen molar-refractivity contribution >= 4 is 28.9 Å². The number of hydrogen-bond donors (Lipinski definition) is 3. The number of halogens is 2. The standard InChI is InChI=1S/C18H16F2N4O3S/c1-11(26-14-6-2-12(10-21)3-7-14)16(25)23-24-18(28)22-13-4-8-15(9-5-13)27-17(19)20/h2-9,11,17H,1H3,(H,23,25)(H2,22,24,28)/t11-/m1/s1. The van der Waals surface area contributed by atoms with Crippen molar-refractivity contribution in [3.63, 3.8) is 0 Å². The first-order valence-electron chi connectivity index (χ1n) is 7.96. The zero-order chi connectivity index (χ0) is 20.5. The molecule has 1 amide bonds. The molecule has 3 N–H and O–H groups in total. The number of ether oxygens (including phenoxy) is 2. The summed E-state index contributed by atoms with van der Waals surface area (Å²) in [7, 11) is 0. The highest BCUT2D eigenvalue weighted by atomic mass is 32.1. The van der Waals surface area contributed by atoms with E-state index in [0.29, 0.717) is 17.0 Å². The number of hydrogen-bond acceptors (Lipinski definition) is 5. The molecule has 0 aliphatic rings. The number of rotatable bonds is 6. The number of alkyl halides is 2. The van der Waals surface area contributed by atoms with E-state index in [1.54, 1.807) is 31.2 Å². The van der Waals surface area contributed by atoms with Gasteiger partial charge in [0.1, 0.15) is 11.5 Å². The Labute approximate surface area is 165 Å². The minimum atomic E-state index is -2.90. The molecule has 2 aromatic carbocycles. The van der Waals surface area contributed by atoms with E-state index in [1.807, 2.05) is 6.07 Å². The van der Waals surface area contributed by atoms with Crippen LogP contribution in [0.1, 0.15) is 12.5 Å². The molecule has 0 heterocycles. The van der Waals surface area contributed by atoms with Crippen LogP contribution in [0.4, 0.5) is 14.5 Å². The lowest BCUT2D eigenvalue weighted by Crippen LogP contribution is -2.48. The molecule has 0 aliphatic heterocycles. The quantitative estimate of drug-likeness (QED) is 0.501. The fourth-order valence-electron chi connectivity index (χ4n) is 1.97. The van der Waals surface area contributed by atoms with Crippen LogP contribution >= 0.6 is 12.2 Å². The Morgan fingerprint density at radius 3 is 2.18 bits per heavy atom. The molecule has 2 aromatic rings. The summed E-state index contributed by atoms with van der Waals surface area (Å²) in [6.45, 7) is -1.35. The molecule has 0 unspecified atom stereocenters. The molecule has 7 nitrogen and oxygen atoms in total. The number of nitrogens with zero attached hydrogens (tertiary/aromatic N) is 1. The van der Waals surface area contributed by atoms with Gasteiger partial charge in [0.05, 0.1) is 11.6 Å². The van der Waals surface area contributed by atoms with Gasteiger partial charge in [-0.05, 0) is 67.7 Å². The van der Waals surface area contributed by atoms with Crippen molar-refractivity contribution < 1.29 is 23.0 Å². The molecule has 0 saturated carbocycles. The Kier molecular flexibility index (Phi) is 7.47. The summed E-state index contributed by atoms with van der Waals surface area (Å²) < 4.78 is 33.9. The highest BCUT2D eigenvalue weighted by molar-refractivity contribution is 7.80. The lowest BCUT2D eigenvalue weighted by atomic mass is 10.2. The molecule has 0 aromatic heterocycles. The van der Waals surface area contributed by atoms with Gasteiger partial charge in [0.2, 0.25) is 0 Å². The van der Waals surface area contributed by atoms with Gasteiger partial charge in [0, 0.05) is 5.69 Å². The van der Waals surface area contributed by atoms with Gasteiger partial charge < -0.3 is 14.8 Å². The van der Waals surface area contributed by atoms with Crippen molar-refractivity contribution in [2.75, 3.05) is 5.32 Å². The van der Waals surface area contributed by atoms with Gasteiger partial charge in [-0.15, -0.1) is 0 Å². The van der Waals surface area contributed by atoms with Crippen molar-refractivity contribution in [1.82, 2.24) is 10.9 Å². The van der Waals surface area contributed by atoms with E-state index >= 15 is 0 Å². The highest BCUT2D eigenvalue weighted by Gasteiger charge is 2.15. The topological polar surface area (TPSA) is 95.4 Å². The van der Waals surface area contributed by atoms with Crippen LogP contribution in [0.15, 0.2) is 48.5 Å². The summed E-state index contributed by atoms with van der Waals surface area (Å²) in [5.74, 6) is -0.0239. The van der Waals surface area contributed by atoms with Crippen LogP contribution in [-0.4, -0.2) is 23.7 Å². The third kappa shape index (κ3) is 6.69. The average molecular weight is 406 g/mol. The number of carbonyl (C=O) groups excluding carboxylic acids is 1. The average Bonchev–Trinajstić information content (AvgIpc) is 2.67. The van der Waals surface area contributed by atoms with E-state index in [9.17, 15) is 13.6 Å². The van der Waals surface area contributed by atoms with E-state index in [0.717, 1.165) is 0 Å². The van der Waals surface area contributed by atoms with Gasteiger partial charge in [-0.2, -0.15) is 14.0 Å². The van der Waals surface area contributed by atoms with Gasteiger partial charge in [-0.25, -0.2) is 0 Å². The molecule has 0 fully saturated rings. The summed E-state index contributed by atoms with van der Waals surface area (Å²) in [4.78, 5) is 12.0. The molecule has 10 heteroatoms. The molecular formula is C18H16F2N4O3S. The number of nitriles is 1. The largest absolute Gasteiger partial charge is 0.481 e. The predicted molar refractivity (Wildman–Crippen MR) is 102 cm³/mol. The van der Waals surface area contributed by atoms with Crippen molar-refractivity contribution in [2.24, 2.45) is 0 Å². The highest BCUT2D eigenvalue weighted by Crippen LogP contribution is 2.17. The molecule has 28 heavy (non-hydrogen) atoms. The Morgan fingerprint density at radius 2 is 1.61 bits per heavy atom. The van der Waals surface area contributed by atoms with Crippen LogP contribution in [-0.2, 0) is 4.79 Å². The number of thiocarbonyl (C=S) groups is 1. The smallest absolute Gasteiger partial charge is 0.387 e. The SMILES string of the molecule is C[C@@H](Oc1ccc(C#N)cc1)C(=O)NNC(=S)Nc1ccc(OC(F)F)cc1. The van der Waals surface area contributed by atoms with E-state index in [-0.39, 0.29) is 10.9 Å².